The maximum absolute atomic E-state index is 2.45. The van der Waals surface area contributed by atoms with E-state index in [1.165, 1.54) is 12.8 Å². The van der Waals surface area contributed by atoms with E-state index in [1.54, 1.807) is 17.0 Å². The molecule has 0 unspecified atom stereocenters. The van der Waals surface area contributed by atoms with Crippen molar-refractivity contribution in [2.75, 3.05) is 0 Å². The minimum atomic E-state index is -2.10. The second-order valence-electron chi connectivity index (χ2n) is 6.32. The molecule has 2 aliphatic carbocycles. The molecule has 0 N–H and O–H groups in total. The Morgan fingerprint density at radius 2 is 1.08 bits per heavy atom. The molecule has 24 heavy (non-hydrogen) atoms. The average molecular weight is 492 g/mol. The van der Waals surface area contributed by atoms with Crippen LogP contribution >= 0.6 is 0 Å². The van der Waals surface area contributed by atoms with Gasteiger partial charge in [-0.05, 0) is 0 Å². The summed E-state index contributed by atoms with van der Waals surface area (Å²) in [6.45, 7) is 0. The van der Waals surface area contributed by atoms with Gasteiger partial charge >= 0.3 is 154 Å². The Morgan fingerprint density at radius 3 is 1.46 bits per heavy atom. The fourth-order valence-electron chi connectivity index (χ4n) is 3.69. The van der Waals surface area contributed by atoms with E-state index in [2.05, 4.69) is 97.1 Å². The molecule has 4 rings (SSSR count). The fourth-order valence-corrected chi connectivity index (χ4v) is 35.4. The first-order valence-electron chi connectivity index (χ1n) is 8.62. The first kappa shape index (κ1) is 16.0. The number of benzene rings is 2. The molecule has 2 aliphatic rings. The van der Waals surface area contributed by atoms with E-state index in [0.29, 0.717) is 0 Å². The van der Waals surface area contributed by atoms with Crippen molar-refractivity contribution < 1.29 is 20.6 Å². The summed E-state index contributed by atoms with van der Waals surface area (Å²) in [4.78, 5) is 0. The molecule has 0 saturated heterocycles. The Labute approximate surface area is 153 Å². The third kappa shape index (κ3) is 3.31. The third-order valence-corrected chi connectivity index (χ3v) is 34.6. The summed E-state index contributed by atoms with van der Waals surface area (Å²) in [6, 6.07) is 22.8. The van der Waals surface area contributed by atoms with Crippen LogP contribution < -0.4 is 10.4 Å². The van der Waals surface area contributed by atoms with Crippen LogP contribution in [0, 0.1) is 0 Å². The van der Waals surface area contributed by atoms with Gasteiger partial charge in [0.25, 0.3) is 0 Å². The molecule has 0 aromatic heterocycles. The minimum absolute atomic E-state index is 1.18. The van der Waals surface area contributed by atoms with Crippen LogP contribution in [0.5, 0.6) is 0 Å². The van der Waals surface area contributed by atoms with Gasteiger partial charge in [-0.25, -0.2) is 0 Å². The molecule has 0 bridgehead atoms. The van der Waals surface area contributed by atoms with Crippen LogP contribution in [0.3, 0.4) is 0 Å². The monoisotopic (exact) mass is 493 g/mol. The molecule has 2 aromatic carbocycles. The first-order chi connectivity index (χ1) is 11.9. The van der Waals surface area contributed by atoms with Crippen molar-refractivity contribution in [3.63, 3.8) is 0 Å². The van der Waals surface area contributed by atoms with E-state index in [-0.39, 0.29) is 0 Å². The van der Waals surface area contributed by atoms with E-state index in [0.717, 1.165) is 0 Å². The number of hydrogen-bond donors (Lipinski definition) is 0. The molecule has 0 nitrogen and oxygen atoms in total. The standard InChI is InChI=1S/C12H11Si.2C5H5.Hf/c1-3-7-11(8-4-1)13-12-9-5-2-6-10-12;2*1-2-4-5-3-1;/h1-10,13H;2*1-3H,4H2;. The van der Waals surface area contributed by atoms with Crippen LogP contribution in [-0.4, -0.2) is 5.98 Å². The van der Waals surface area contributed by atoms with E-state index in [4.69, 9.17) is 0 Å². The summed E-state index contributed by atoms with van der Waals surface area (Å²) in [5.74, 6) is -1.18. The van der Waals surface area contributed by atoms with Gasteiger partial charge in [0.2, 0.25) is 0 Å². The van der Waals surface area contributed by atoms with E-state index in [1.807, 2.05) is 0 Å². The van der Waals surface area contributed by atoms with Crippen molar-refractivity contribution in [1.82, 2.24) is 0 Å². The summed E-state index contributed by atoms with van der Waals surface area (Å²) >= 11 is -2.10. The van der Waals surface area contributed by atoms with Crippen molar-refractivity contribution in [1.29, 1.82) is 0 Å². The Kier molecular flexibility index (Phi) is 5.05. The SMILES string of the molecule is C1=CC[C]([Hf]([C]2=CC=CC2)[SiH](c2ccccc2)c2ccccc2)=C1. The van der Waals surface area contributed by atoms with Crippen LogP contribution in [0.25, 0.3) is 0 Å². The summed E-state index contributed by atoms with van der Waals surface area (Å²) in [5.41, 5.74) is 0. The summed E-state index contributed by atoms with van der Waals surface area (Å²) in [7, 11) is 0. The zero-order valence-corrected chi connectivity index (χ0v) is 18.5. The molecule has 0 saturated carbocycles. The molecule has 0 fully saturated rings. The van der Waals surface area contributed by atoms with Gasteiger partial charge in [0, 0.05) is 0 Å². The van der Waals surface area contributed by atoms with Crippen LogP contribution in [0.4, 0.5) is 0 Å². The first-order valence-corrected chi connectivity index (χ1v) is 20.2. The van der Waals surface area contributed by atoms with E-state index < -0.39 is 26.6 Å². The molecular formula is C22H21HfSi. The van der Waals surface area contributed by atoms with Crippen molar-refractivity contribution in [2.45, 2.75) is 12.8 Å². The Hall–Kier alpha value is -1.51. The van der Waals surface area contributed by atoms with E-state index in [9.17, 15) is 0 Å². The fraction of sp³-hybridized carbons (Fsp3) is 0.0909. The average Bonchev–Trinajstić information content (AvgIpc) is 3.35. The quantitative estimate of drug-likeness (QED) is 0.558. The molecule has 2 heteroatoms. The Morgan fingerprint density at radius 1 is 0.625 bits per heavy atom. The van der Waals surface area contributed by atoms with Gasteiger partial charge in [-0.3, -0.25) is 0 Å². The van der Waals surface area contributed by atoms with Gasteiger partial charge in [-0.15, -0.1) is 0 Å². The molecule has 0 atom stereocenters. The summed E-state index contributed by atoms with van der Waals surface area (Å²) < 4.78 is 3.61. The van der Waals surface area contributed by atoms with Gasteiger partial charge in [0.1, 0.15) is 0 Å². The van der Waals surface area contributed by atoms with Crippen LogP contribution in [0.2, 0.25) is 0 Å². The number of hydrogen-bond acceptors (Lipinski definition) is 0. The van der Waals surface area contributed by atoms with Crippen LogP contribution in [-0.2, 0) is 20.6 Å². The van der Waals surface area contributed by atoms with Crippen molar-refractivity contribution in [3.8, 4) is 0 Å². The molecule has 0 amide bonds. The summed E-state index contributed by atoms with van der Waals surface area (Å²) in [5, 5.41) is 3.26. The molecule has 0 spiro atoms. The van der Waals surface area contributed by atoms with Crippen LogP contribution in [0.15, 0.2) is 104 Å². The topological polar surface area (TPSA) is 0 Å². The van der Waals surface area contributed by atoms with E-state index >= 15 is 0 Å². The number of allylic oxidation sites excluding steroid dienone is 8. The zero-order valence-electron chi connectivity index (χ0n) is 13.7. The second kappa shape index (κ2) is 7.58. The molecule has 2 aromatic rings. The van der Waals surface area contributed by atoms with Gasteiger partial charge in [-0.2, -0.15) is 0 Å². The van der Waals surface area contributed by atoms with Gasteiger partial charge in [0.05, 0.1) is 0 Å². The zero-order chi connectivity index (χ0) is 16.2. The van der Waals surface area contributed by atoms with Crippen LogP contribution in [0.1, 0.15) is 12.8 Å². The molecule has 0 heterocycles. The second-order valence-corrected chi connectivity index (χ2v) is 27.1. The van der Waals surface area contributed by atoms with Gasteiger partial charge in [-0.1, -0.05) is 0 Å². The van der Waals surface area contributed by atoms with Crippen molar-refractivity contribution in [2.24, 2.45) is 0 Å². The van der Waals surface area contributed by atoms with Gasteiger partial charge < -0.3 is 0 Å². The molecule has 117 valence electrons. The number of rotatable bonds is 5. The maximum atomic E-state index is 2.45. The third-order valence-electron chi connectivity index (χ3n) is 4.79. The predicted octanol–water partition coefficient (Wildman–Crippen LogP) is 3.83. The normalized spacial score (nSPS) is 15.7. The Balaban J connectivity index is 1.83. The Bertz CT molecular complexity index is 746. The molecular weight excluding hydrogens is 471 g/mol. The van der Waals surface area contributed by atoms with Crippen molar-refractivity contribution >= 4 is 16.4 Å². The molecule has 0 radical (unpaired) electrons. The molecule has 0 aliphatic heterocycles. The van der Waals surface area contributed by atoms with Gasteiger partial charge in [0.15, 0.2) is 0 Å². The predicted molar refractivity (Wildman–Crippen MR) is 103 cm³/mol. The van der Waals surface area contributed by atoms with Crippen molar-refractivity contribution in [3.05, 3.63) is 104 Å². The summed E-state index contributed by atoms with van der Waals surface area (Å²) in [6.07, 6.45) is 16.6.